The number of hydrogen-bond acceptors (Lipinski definition) is 3. The number of nitrogens with one attached hydrogen (secondary N) is 1. The van der Waals surface area contributed by atoms with Crippen LogP contribution in [0.4, 0.5) is 4.79 Å². The fraction of sp³-hybridized carbons (Fsp3) is 0.818. The van der Waals surface area contributed by atoms with E-state index in [1.54, 1.807) is 6.92 Å². The molecule has 0 aliphatic heterocycles. The van der Waals surface area contributed by atoms with Crippen molar-refractivity contribution in [2.45, 2.75) is 39.3 Å². The summed E-state index contributed by atoms with van der Waals surface area (Å²) in [5, 5.41) is 20.3. The lowest BCUT2D eigenvalue weighted by Crippen LogP contribution is -2.50. The predicted octanol–water partition coefficient (Wildman–Crippen LogP) is 0.508. The summed E-state index contributed by atoms with van der Waals surface area (Å²) >= 11 is 0. The zero-order valence-electron chi connectivity index (χ0n) is 10.8. The van der Waals surface area contributed by atoms with E-state index >= 15 is 0 Å². The van der Waals surface area contributed by atoms with Crippen LogP contribution in [0.1, 0.15) is 27.2 Å². The number of carboxylic acids is 1. The fourth-order valence-electron chi connectivity index (χ4n) is 1.27. The largest absolute Gasteiger partial charge is 0.480 e. The van der Waals surface area contributed by atoms with Crippen LogP contribution in [0, 0.1) is 5.92 Å². The third-order valence-electron chi connectivity index (χ3n) is 2.55. The van der Waals surface area contributed by atoms with Gasteiger partial charge in [-0.05, 0) is 19.3 Å². The number of rotatable bonds is 6. The number of nitrogens with zero attached hydrogens (tertiary/aromatic N) is 1. The first-order valence-corrected chi connectivity index (χ1v) is 5.66. The van der Waals surface area contributed by atoms with Crippen LogP contribution in [-0.2, 0) is 4.79 Å². The van der Waals surface area contributed by atoms with Gasteiger partial charge in [-0.1, -0.05) is 13.8 Å². The molecular formula is C11H22N2O4. The van der Waals surface area contributed by atoms with Gasteiger partial charge < -0.3 is 20.4 Å². The summed E-state index contributed by atoms with van der Waals surface area (Å²) in [4.78, 5) is 23.9. The van der Waals surface area contributed by atoms with Gasteiger partial charge >= 0.3 is 12.0 Å². The van der Waals surface area contributed by atoms with Crippen LogP contribution in [0.25, 0.3) is 0 Å². The first kappa shape index (κ1) is 15.7. The van der Waals surface area contributed by atoms with Crippen molar-refractivity contribution in [3.05, 3.63) is 0 Å². The fourth-order valence-corrected chi connectivity index (χ4v) is 1.27. The number of carbonyl (C=O) groups excluding carboxylic acids is 1. The van der Waals surface area contributed by atoms with Crippen molar-refractivity contribution in [2.75, 3.05) is 13.7 Å². The van der Waals surface area contributed by atoms with Gasteiger partial charge in [0.1, 0.15) is 6.04 Å². The highest BCUT2D eigenvalue weighted by molar-refractivity contribution is 5.82. The van der Waals surface area contributed by atoms with E-state index in [-0.39, 0.29) is 18.6 Å². The molecule has 6 nitrogen and oxygen atoms in total. The number of carbonyl (C=O) groups is 2. The summed E-state index contributed by atoms with van der Waals surface area (Å²) in [6, 6.07) is -1.72. The Morgan fingerprint density at radius 2 is 1.82 bits per heavy atom. The van der Waals surface area contributed by atoms with Gasteiger partial charge in [0.15, 0.2) is 0 Å². The molecule has 2 atom stereocenters. The van der Waals surface area contributed by atoms with Crippen molar-refractivity contribution in [2.24, 2.45) is 5.92 Å². The summed E-state index contributed by atoms with van der Waals surface area (Å²) in [5.74, 6) is -0.867. The molecule has 0 spiro atoms. The van der Waals surface area contributed by atoms with E-state index in [9.17, 15) is 9.59 Å². The number of aliphatic hydroxyl groups is 1. The number of likely N-dealkylation sites (N-methyl/N-ethyl adjacent to an activating group) is 1. The maximum absolute atomic E-state index is 11.7. The number of carboxylic acid groups (broad SMARTS) is 1. The van der Waals surface area contributed by atoms with Gasteiger partial charge in [0.05, 0.1) is 12.6 Å². The van der Waals surface area contributed by atoms with Crippen molar-refractivity contribution >= 4 is 12.0 Å². The Balaban J connectivity index is 4.45. The minimum absolute atomic E-state index is 0.161. The summed E-state index contributed by atoms with van der Waals surface area (Å²) in [6.45, 7) is 5.30. The predicted molar refractivity (Wildman–Crippen MR) is 63.7 cm³/mol. The molecule has 0 aromatic carbocycles. The van der Waals surface area contributed by atoms with Gasteiger partial charge in [0, 0.05) is 7.05 Å². The lowest BCUT2D eigenvalue weighted by Gasteiger charge is -2.26. The second-order valence-corrected chi connectivity index (χ2v) is 4.61. The number of hydrogen-bond donors (Lipinski definition) is 3. The smallest absolute Gasteiger partial charge is 0.326 e. The van der Waals surface area contributed by atoms with Crippen LogP contribution in [0.15, 0.2) is 0 Å². The Bertz CT molecular complexity index is 268. The molecule has 0 aliphatic rings. The van der Waals surface area contributed by atoms with Crippen LogP contribution in [0.2, 0.25) is 0 Å². The third-order valence-corrected chi connectivity index (χ3v) is 2.55. The minimum Gasteiger partial charge on any atom is -0.480 e. The Morgan fingerprint density at radius 3 is 2.18 bits per heavy atom. The molecule has 0 aromatic rings. The summed E-state index contributed by atoms with van der Waals surface area (Å²) in [6.07, 6.45) is 0.377. The van der Waals surface area contributed by atoms with Gasteiger partial charge in [0.25, 0.3) is 0 Å². The molecule has 0 radical (unpaired) electrons. The number of aliphatic hydroxyl groups excluding tert-OH is 1. The molecule has 0 aliphatic carbocycles. The molecule has 0 saturated heterocycles. The zero-order valence-corrected chi connectivity index (χ0v) is 10.8. The zero-order chi connectivity index (χ0) is 13.6. The maximum atomic E-state index is 11.7. The van der Waals surface area contributed by atoms with Crippen molar-refractivity contribution in [3.63, 3.8) is 0 Å². The lowest BCUT2D eigenvalue weighted by atomic mass is 10.0. The van der Waals surface area contributed by atoms with E-state index in [1.807, 2.05) is 13.8 Å². The van der Waals surface area contributed by atoms with Gasteiger partial charge in [-0.2, -0.15) is 0 Å². The Morgan fingerprint density at radius 1 is 1.29 bits per heavy atom. The van der Waals surface area contributed by atoms with Crippen molar-refractivity contribution in [1.82, 2.24) is 10.2 Å². The lowest BCUT2D eigenvalue weighted by molar-refractivity contribution is -0.139. The van der Waals surface area contributed by atoms with E-state index in [0.29, 0.717) is 6.42 Å². The van der Waals surface area contributed by atoms with Crippen LogP contribution in [-0.4, -0.2) is 52.9 Å². The molecule has 3 N–H and O–H groups in total. The third kappa shape index (κ3) is 5.53. The van der Waals surface area contributed by atoms with Crippen molar-refractivity contribution < 1.29 is 19.8 Å². The molecule has 17 heavy (non-hydrogen) atoms. The number of amides is 2. The highest BCUT2D eigenvalue weighted by Crippen LogP contribution is 2.06. The Hall–Kier alpha value is -1.30. The van der Waals surface area contributed by atoms with E-state index < -0.39 is 18.0 Å². The number of aliphatic carboxylic acids is 1. The van der Waals surface area contributed by atoms with Gasteiger partial charge in [0.2, 0.25) is 0 Å². The van der Waals surface area contributed by atoms with E-state index in [0.717, 1.165) is 0 Å². The van der Waals surface area contributed by atoms with Crippen LogP contribution >= 0.6 is 0 Å². The van der Waals surface area contributed by atoms with E-state index in [2.05, 4.69) is 5.32 Å². The molecule has 0 aromatic heterocycles. The quantitative estimate of drug-likeness (QED) is 0.637. The Kier molecular flexibility index (Phi) is 6.57. The number of urea groups is 1. The highest BCUT2D eigenvalue weighted by Gasteiger charge is 2.24. The monoisotopic (exact) mass is 246 g/mol. The normalized spacial score (nSPS) is 14.2. The van der Waals surface area contributed by atoms with Gasteiger partial charge in [-0.25, -0.2) is 9.59 Å². The molecule has 6 heteroatoms. The summed E-state index contributed by atoms with van der Waals surface area (Å²) in [5.41, 5.74) is 0. The molecule has 100 valence electrons. The first-order chi connectivity index (χ1) is 7.79. The first-order valence-electron chi connectivity index (χ1n) is 5.66. The maximum Gasteiger partial charge on any atom is 0.326 e. The molecule has 0 heterocycles. The second-order valence-electron chi connectivity index (χ2n) is 4.61. The molecule has 0 saturated carbocycles. The second kappa shape index (κ2) is 7.11. The average Bonchev–Trinajstić information content (AvgIpc) is 2.25. The average molecular weight is 246 g/mol. The molecule has 0 rings (SSSR count). The van der Waals surface area contributed by atoms with Crippen LogP contribution in [0.3, 0.4) is 0 Å². The van der Waals surface area contributed by atoms with Crippen molar-refractivity contribution in [1.29, 1.82) is 0 Å². The molecule has 1 unspecified atom stereocenters. The van der Waals surface area contributed by atoms with Crippen molar-refractivity contribution in [3.8, 4) is 0 Å². The topological polar surface area (TPSA) is 89.9 Å². The summed E-state index contributed by atoms with van der Waals surface area (Å²) in [7, 11) is 1.52. The van der Waals surface area contributed by atoms with E-state index in [4.69, 9.17) is 10.2 Å². The van der Waals surface area contributed by atoms with Gasteiger partial charge in [-0.3, -0.25) is 0 Å². The summed E-state index contributed by atoms with van der Waals surface area (Å²) < 4.78 is 0. The Labute approximate surface area is 102 Å². The SMILES string of the molecule is CC(C)C[C@H](NC(=O)N(C)C(C)CO)C(=O)O. The molecule has 2 amide bonds. The van der Waals surface area contributed by atoms with Gasteiger partial charge in [-0.15, -0.1) is 0 Å². The molecule has 0 bridgehead atoms. The standard InChI is InChI=1S/C11H22N2O4/c1-7(2)5-9(10(15)16)12-11(17)13(4)8(3)6-14/h7-9,14H,5-6H2,1-4H3,(H,12,17)(H,15,16)/t8?,9-/m0/s1. The highest BCUT2D eigenvalue weighted by atomic mass is 16.4. The minimum atomic E-state index is -1.04. The van der Waals surface area contributed by atoms with Crippen LogP contribution in [0.5, 0.6) is 0 Å². The van der Waals surface area contributed by atoms with Crippen LogP contribution < -0.4 is 5.32 Å². The molecule has 0 fully saturated rings. The molecular weight excluding hydrogens is 224 g/mol. The van der Waals surface area contributed by atoms with E-state index in [1.165, 1.54) is 11.9 Å².